The van der Waals surface area contributed by atoms with Crippen molar-refractivity contribution in [2.24, 2.45) is 5.41 Å². The summed E-state index contributed by atoms with van der Waals surface area (Å²) in [5.41, 5.74) is -0.0451. The van der Waals surface area contributed by atoms with E-state index in [2.05, 4.69) is 10.6 Å². The number of rotatable bonds is 0. The molecule has 2 N–H and O–H groups in total. The Kier molecular flexibility index (Phi) is 2.05. The molecule has 2 fully saturated rings. The molecule has 12 heavy (non-hydrogen) atoms. The van der Waals surface area contributed by atoms with Gasteiger partial charge in [0.05, 0.1) is 5.41 Å². The first-order valence-electron chi connectivity index (χ1n) is 4.83. The van der Waals surface area contributed by atoms with Crippen LogP contribution in [0.15, 0.2) is 0 Å². The van der Waals surface area contributed by atoms with Crippen molar-refractivity contribution >= 4 is 5.91 Å². The van der Waals surface area contributed by atoms with Crippen LogP contribution in [-0.2, 0) is 4.79 Å². The lowest BCUT2D eigenvalue weighted by molar-refractivity contribution is -0.127. The summed E-state index contributed by atoms with van der Waals surface area (Å²) < 4.78 is 0. The molecule has 2 heterocycles. The highest BCUT2D eigenvalue weighted by molar-refractivity contribution is 5.84. The lowest BCUT2D eigenvalue weighted by Gasteiger charge is -2.23. The summed E-state index contributed by atoms with van der Waals surface area (Å²) in [6.45, 7) is 2.84. The largest absolute Gasteiger partial charge is 0.356 e. The van der Waals surface area contributed by atoms with Crippen LogP contribution in [0.3, 0.4) is 0 Å². The molecule has 0 aromatic rings. The van der Waals surface area contributed by atoms with Crippen LogP contribution in [0, 0.1) is 5.41 Å². The molecule has 2 aliphatic heterocycles. The number of carbonyl (C=O) groups is 1. The molecule has 1 unspecified atom stereocenters. The van der Waals surface area contributed by atoms with E-state index in [1.165, 1.54) is 12.8 Å². The first kappa shape index (κ1) is 8.05. The van der Waals surface area contributed by atoms with E-state index in [1.807, 2.05) is 0 Å². The smallest absolute Gasteiger partial charge is 0.227 e. The standard InChI is InChI=1S/C9H16N2O/c12-8-9(4-6-11-8)3-1-2-5-10-7-9/h10H,1-7H2,(H,11,12). The number of hydrogen-bond acceptors (Lipinski definition) is 2. The van der Waals surface area contributed by atoms with Gasteiger partial charge in [-0.2, -0.15) is 0 Å². The zero-order valence-electron chi connectivity index (χ0n) is 7.36. The van der Waals surface area contributed by atoms with E-state index < -0.39 is 0 Å². The van der Waals surface area contributed by atoms with Crippen molar-refractivity contribution in [2.45, 2.75) is 25.7 Å². The molecule has 2 aliphatic rings. The van der Waals surface area contributed by atoms with E-state index in [1.54, 1.807) is 0 Å². The lowest BCUT2D eigenvalue weighted by Crippen LogP contribution is -2.38. The summed E-state index contributed by atoms with van der Waals surface area (Å²) >= 11 is 0. The van der Waals surface area contributed by atoms with Crippen molar-refractivity contribution in [1.82, 2.24) is 10.6 Å². The number of nitrogens with one attached hydrogen (secondary N) is 2. The predicted octanol–water partition coefficient (Wildman–Crippen LogP) is 0.266. The van der Waals surface area contributed by atoms with Gasteiger partial charge >= 0.3 is 0 Å². The van der Waals surface area contributed by atoms with Crippen LogP contribution in [0.4, 0.5) is 0 Å². The van der Waals surface area contributed by atoms with E-state index >= 15 is 0 Å². The third-order valence-corrected chi connectivity index (χ3v) is 3.09. The molecule has 1 spiro atoms. The molecule has 0 aliphatic carbocycles. The van der Waals surface area contributed by atoms with Gasteiger partial charge in [0.25, 0.3) is 0 Å². The molecule has 1 atom stereocenters. The predicted molar refractivity (Wildman–Crippen MR) is 46.8 cm³/mol. The molecule has 0 radical (unpaired) electrons. The quantitative estimate of drug-likeness (QED) is 0.545. The van der Waals surface area contributed by atoms with Gasteiger partial charge in [-0.1, -0.05) is 6.42 Å². The number of carbonyl (C=O) groups excluding carboxylic acids is 1. The first-order chi connectivity index (χ1) is 5.83. The fraction of sp³-hybridized carbons (Fsp3) is 0.889. The third-order valence-electron chi connectivity index (χ3n) is 3.09. The van der Waals surface area contributed by atoms with Crippen LogP contribution < -0.4 is 10.6 Å². The van der Waals surface area contributed by atoms with E-state index in [-0.39, 0.29) is 11.3 Å². The Hall–Kier alpha value is -0.570. The highest BCUT2D eigenvalue weighted by Gasteiger charge is 2.41. The molecular weight excluding hydrogens is 152 g/mol. The summed E-state index contributed by atoms with van der Waals surface area (Å²) in [6, 6.07) is 0. The van der Waals surface area contributed by atoms with Crippen LogP contribution >= 0.6 is 0 Å². The van der Waals surface area contributed by atoms with Crippen molar-refractivity contribution in [3.8, 4) is 0 Å². The second-order valence-electron chi connectivity index (χ2n) is 3.92. The molecule has 0 bridgehead atoms. The Morgan fingerprint density at radius 3 is 2.83 bits per heavy atom. The Labute approximate surface area is 72.9 Å². The SMILES string of the molecule is O=C1NCCC12CCCCNC2. The van der Waals surface area contributed by atoms with Crippen molar-refractivity contribution in [1.29, 1.82) is 0 Å². The zero-order chi connectivity index (χ0) is 8.44. The molecule has 0 aromatic carbocycles. The maximum absolute atomic E-state index is 11.6. The van der Waals surface area contributed by atoms with E-state index in [0.29, 0.717) is 0 Å². The number of hydrogen-bond donors (Lipinski definition) is 2. The van der Waals surface area contributed by atoms with E-state index in [9.17, 15) is 4.79 Å². The maximum atomic E-state index is 11.6. The highest BCUT2D eigenvalue weighted by atomic mass is 16.2. The molecular formula is C9H16N2O. The van der Waals surface area contributed by atoms with Crippen molar-refractivity contribution in [2.75, 3.05) is 19.6 Å². The molecule has 3 heteroatoms. The third kappa shape index (κ3) is 1.22. The highest BCUT2D eigenvalue weighted by Crippen LogP contribution is 2.33. The topological polar surface area (TPSA) is 41.1 Å². The molecule has 0 aromatic heterocycles. The average Bonchev–Trinajstić information content (AvgIpc) is 2.33. The van der Waals surface area contributed by atoms with Crippen LogP contribution in [0.1, 0.15) is 25.7 Å². The Balaban J connectivity index is 2.11. The molecule has 2 rings (SSSR count). The Morgan fingerprint density at radius 1 is 1.17 bits per heavy atom. The minimum Gasteiger partial charge on any atom is -0.356 e. The summed E-state index contributed by atoms with van der Waals surface area (Å²) in [4.78, 5) is 11.6. The van der Waals surface area contributed by atoms with Gasteiger partial charge in [-0.15, -0.1) is 0 Å². The molecule has 0 saturated carbocycles. The second kappa shape index (κ2) is 3.05. The minimum absolute atomic E-state index is 0.0451. The summed E-state index contributed by atoms with van der Waals surface area (Å²) in [5.74, 6) is 0.275. The van der Waals surface area contributed by atoms with Gasteiger partial charge in [-0.05, 0) is 25.8 Å². The Morgan fingerprint density at radius 2 is 2.08 bits per heavy atom. The fourth-order valence-electron chi connectivity index (χ4n) is 2.25. The van der Waals surface area contributed by atoms with Gasteiger partial charge in [0.15, 0.2) is 0 Å². The van der Waals surface area contributed by atoms with Crippen molar-refractivity contribution < 1.29 is 4.79 Å². The van der Waals surface area contributed by atoms with Gasteiger partial charge < -0.3 is 10.6 Å². The fourth-order valence-corrected chi connectivity index (χ4v) is 2.25. The van der Waals surface area contributed by atoms with Gasteiger partial charge in [0, 0.05) is 13.1 Å². The second-order valence-corrected chi connectivity index (χ2v) is 3.92. The van der Waals surface area contributed by atoms with Crippen LogP contribution in [0.25, 0.3) is 0 Å². The number of amides is 1. The van der Waals surface area contributed by atoms with Crippen LogP contribution in [0.5, 0.6) is 0 Å². The first-order valence-corrected chi connectivity index (χ1v) is 4.83. The van der Waals surface area contributed by atoms with Gasteiger partial charge in [0.1, 0.15) is 0 Å². The normalized spacial score (nSPS) is 36.5. The zero-order valence-corrected chi connectivity index (χ0v) is 7.36. The summed E-state index contributed by atoms with van der Waals surface area (Å²) in [6.07, 6.45) is 4.51. The van der Waals surface area contributed by atoms with Crippen LogP contribution in [0.2, 0.25) is 0 Å². The lowest BCUT2D eigenvalue weighted by atomic mass is 9.82. The maximum Gasteiger partial charge on any atom is 0.227 e. The minimum atomic E-state index is -0.0451. The van der Waals surface area contributed by atoms with Crippen molar-refractivity contribution in [3.63, 3.8) is 0 Å². The van der Waals surface area contributed by atoms with E-state index in [0.717, 1.165) is 32.5 Å². The monoisotopic (exact) mass is 168 g/mol. The average molecular weight is 168 g/mol. The summed E-state index contributed by atoms with van der Waals surface area (Å²) in [5, 5.41) is 6.28. The molecule has 3 nitrogen and oxygen atoms in total. The van der Waals surface area contributed by atoms with Gasteiger partial charge in [-0.25, -0.2) is 0 Å². The molecule has 68 valence electrons. The van der Waals surface area contributed by atoms with Gasteiger partial charge in [0.2, 0.25) is 5.91 Å². The van der Waals surface area contributed by atoms with E-state index in [4.69, 9.17) is 0 Å². The molecule has 1 amide bonds. The molecule has 2 saturated heterocycles. The van der Waals surface area contributed by atoms with Crippen LogP contribution in [-0.4, -0.2) is 25.5 Å². The van der Waals surface area contributed by atoms with Crippen molar-refractivity contribution in [3.05, 3.63) is 0 Å². The van der Waals surface area contributed by atoms with Gasteiger partial charge in [-0.3, -0.25) is 4.79 Å². The summed E-state index contributed by atoms with van der Waals surface area (Å²) in [7, 11) is 0. The Bertz CT molecular complexity index is 183.